The third-order valence-electron chi connectivity index (χ3n) is 3.09. The van der Waals surface area contributed by atoms with E-state index in [2.05, 4.69) is 10.1 Å². The number of carbonyl (C=O) groups is 1. The van der Waals surface area contributed by atoms with Crippen LogP contribution in [0, 0.1) is 0 Å². The van der Waals surface area contributed by atoms with Gasteiger partial charge < -0.3 is 9.26 Å². The minimum absolute atomic E-state index is 0.0134. The first kappa shape index (κ1) is 14.0. The Morgan fingerprint density at radius 3 is 2.58 bits per heavy atom. The van der Waals surface area contributed by atoms with Gasteiger partial charge >= 0.3 is 6.18 Å². The Morgan fingerprint density at radius 1 is 1.37 bits per heavy atom. The van der Waals surface area contributed by atoms with Crippen molar-refractivity contribution < 1.29 is 27.2 Å². The molecule has 1 atom stereocenters. The van der Waals surface area contributed by atoms with E-state index in [1.54, 1.807) is 0 Å². The van der Waals surface area contributed by atoms with Crippen molar-refractivity contribution in [2.24, 2.45) is 0 Å². The fraction of sp³-hybridized carbons (Fsp3) is 0.727. The monoisotopic (exact) mass is 278 g/mol. The molecule has 0 aliphatic carbocycles. The number of halogens is 3. The van der Waals surface area contributed by atoms with Crippen LogP contribution in [0.2, 0.25) is 0 Å². The van der Waals surface area contributed by atoms with E-state index in [-0.39, 0.29) is 11.8 Å². The minimum atomic E-state index is -4.90. The van der Waals surface area contributed by atoms with E-state index < -0.39 is 17.9 Å². The number of hydrogen-bond acceptors (Lipinski definition) is 5. The van der Waals surface area contributed by atoms with Crippen molar-refractivity contribution in [3.63, 3.8) is 0 Å². The molecule has 0 bridgehead atoms. The largest absolute Gasteiger partial charge is 0.450 e. The molecule has 0 saturated carbocycles. The lowest BCUT2D eigenvalue weighted by Crippen LogP contribution is -2.27. The van der Waals surface area contributed by atoms with Crippen LogP contribution in [0.3, 0.4) is 0 Å². The second-order valence-electron chi connectivity index (χ2n) is 4.46. The van der Waals surface area contributed by atoms with Gasteiger partial charge in [-0.25, -0.2) is 0 Å². The summed E-state index contributed by atoms with van der Waals surface area (Å²) in [5.41, 5.74) is 0. The molecule has 1 aliphatic heterocycles. The summed E-state index contributed by atoms with van der Waals surface area (Å²) in [7, 11) is 0. The van der Waals surface area contributed by atoms with Crippen molar-refractivity contribution in [1.82, 2.24) is 10.1 Å². The van der Waals surface area contributed by atoms with E-state index >= 15 is 0 Å². The SMILES string of the molecule is CC(C(=O)C(F)(F)F)c1nc(C2CCOCC2)no1. The van der Waals surface area contributed by atoms with Gasteiger partial charge in [-0.1, -0.05) is 5.16 Å². The lowest BCUT2D eigenvalue weighted by Gasteiger charge is -2.18. The van der Waals surface area contributed by atoms with E-state index in [0.717, 1.165) is 6.92 Å². The number of nitrogens with zero attached hydrogens (tertiary/aromatic N) is 2. The van der Waals surface area contributed by atoms with E-state index in [0.29, 0.717) is 31.9 Å². The molecule has 0 radical (unpaired) electrons. The standard InChI is InChI=1S/C11H13F3N2O3/c1-6(8(17)11(12,13)14)10-15-9(16-19-10)7-2-4-18-5-3-7/h6-7H,2-5H2,1H3. The Bertz CT molecular complexity index is 452. The van der Waals surface area contributed by atoms with Gasteiger partial charge in [0.1, 0.15) is 5.92 Å². The number of alkyl halides is 3. The predicted octanol–water partition coefficient (Wildman–Crippen LogP) is 2.20. The van der Waals surface area contributed by atoms with Crippen LogP contribution in [0.4, 0.5) is 13.2 Å². The Labute approximate surface area is 107 Å². The number of Topliss-reactive ketones (excluding diaryl/α,β-unsaturated/α-hetero) is 1. The maximum atomic E-state index is 12.3. The molecule has 2 heterocycles. The lowest BCUT2D eigenvalue weighted by atomic mass is 10.00. The predicted molar refractivity (Wildman–Crippen MR) is 56.6 cm³/mol. The third kappa shape index (κ3) is 3.12. The Morgan fingerprint density at radius 2 is 2.00 bits per heavy atom. The number of aromatic nitrogens is 2. The summed E-state index contributed by atoms with van der Waals surface area (Å²) in [6, 6.07) is 0. The summed E-state index contributed by atoms with van der Waals surface area (Å²) >= 11 is 0. The Hall–Kier alpha value is -1.44. The van der Waals surface area contributed by atoms with E-state index in [9.17, 15) is 18.0 Å². The normalized spacial score (nSPS) is 19.4. The lowest BCUT2D eigenvalue weighted by molar-refractivity contribution is -0.172. The number of carbonyl (C=O) groups excluding carboxylic acids is 1. The summed E-state index contributed by atoms with van der Waals surface area (Å²) < 4.78 is 46.8. The molecule has 1 aromatic rings. The van der Waals surface area contributed by atoms with Crippen LogP contribution in [-0.2, 0) is 9.53 Å². The van der Waals surface area contributed by atoms with Crippen molar-refractivity contribution in [3.05, 3.63) is 11.7 Å². The van der Waals surface area contributed by atoms with Crippen molar-refractivity contribution in [2.75, 3.05) is 13.2 Å². The first-order chi connectivity index (χ1) is 8.89. The molecule has 1 fully saturated rings. The van der Waals surface area contributed by atoms with Gasteiger partial charge in [-0.15, -0.1) is 0 Å². The van der Waals surface area contributed by atoms with Gasteiger partial charge in [0.05, 0.1) is 0 Å². The molecule has 5 nitrogen and oxygen atoms in total. The van der Waals surface area contributed by atoms with Gasteiger partial charge in [0, 0.05) is 19.1 Å². The molecule has 0 aromatic carbocycles. The quantitative estimate of drug-likeness (QED) is 0.848. The number of ether oxygens (including phenoxy) is 1. The molecule has 8 heteroatoms. The number of hydrogen-bond donors (Lipinski definition) is 0. The van der Waals surface area contributed by atoms with Crippen molar-refractivity contribution in [2.45, 2.75) is 37.8 Å². The topological polar surface area (TPSA) is 65.2 Å². The fourth-order valence-electron chi connectivity index (χ4n) is 1.90. The highest BCUT2D eigenvalue weighted by molar-refractivity contribution is 5.89. The Balaban J connectivity index is 2.10. The average Bonchev–Trinajstić information content (AvgIpc) is 2.86. The molecule has 1 saturated heterocycles. The molecule has 19 heavy (non-hydrogen) atoms. The molecular weight excluding hydrogens is 265 g/mol. The van der Waals surface area contributed by atoms with Gasteiger partial charge in [0.2, 0.25) is 11.7 Å². The molecular formula is C11H13F3N2O3. The molecule has 0 spiro atoms. The average molecular weight is 278 g/mol. The summed E-state index contributed by atoms with van der Waals surface area (Å²) in [5, 5.41) is 3.66. The summed E-state index contributed by atoms with van der Waals surface area (Å²) in [5.74, 6) is -3.28. The van der Waals surface area contributed by atoms with E-state index in [4.69, 9.17) is 9.26 Å². The van der Waals surface area contributed by atoms with Crippen LogP contribution in [0.1, 0.15) is 43.3 Å². The van der Waals surface area contributed by atoms with Gasteiger partial charge in [-0.05, 0) is 19.8 Å². The molecule has 1 unspecified atom stereocenters. The zero-order chi connectivity index (χ0) is 14.0. The second kappa shape index (κ2) is 5.28. The zero-order valence-corrected chi connectivity index (χ0v) is 10.2. The smallest absolute Gasteiger partial charge is 0.381 e. The zero-order valence-electron chi connectivity index (χ0n) is 10.2. The van der Waals surface area contributed by atoms with Gasteiger partial charge in [0.15, 0.2) is 5.82 Å². The van der Waals surface area contributed by atoms with Crippen LogP contribution in [-0.4, -0.2) is 35.3 Å². The van der Waals surface area contributed by atoms with E-state index in [1.165, 1.54) is 0 Å². The molecule has 0 amide bonds. The van der Waals surface area contributed by atoms with E-state index in [1.807, 2.05) is 0 Å². The van der Waals surface area contributed by atoms with Gasteiger partial charge in [-0.2, -0.15) is 18.2 Å². The van der Waals surface area contributed by atoms with Gasteiger partial charge in [-0.3, -0.25) is 4.79 Å². The molecule has 0 N–H and O–H groups in total. The minimum Gasteiger partial charge on any atom is -0.381 e. The number of ketones is 1. The van der Waals surface area contributed by atoms with Crippen LogP contribution < -0.4 is 0 Å². The maximum absolute atomic E-state index is 12.3. The highest BCUT2D eigenvalue weighted by Crippen LogP contribution is 2.29. The molecule has 1 aliphatic rings. The number of rotatable bonds is 3. The second-order valence-corrected chi connectivity index (χ2v) is 4.46. The Kier molecular flexibility index (Phi) is 3.88. The summed E-state index contributed by atoms with van der Waals surface area (Å²) in [6.07, 6.45) is -3.51. The molecule has 2 rings (SSSR count). The first-order valence-electron chi connectivity index (χ1n) is 5.92. The van der Waals surface area contributed by atoms with Crippen LogP contribution in [0.15, 0.2) is 4.52 Å². The highest BCUT2D eigenvalue weighted by Gasteiger charge is 2.44. The van der Waals surface area contributed by atoms with Crippen LogP contribution in [0.5, 0.6) is 0 Å². The van der Waals surface area contributed by atoms with Crippen LogP contribution in [0.25, 0.3) is 0 Å². The van der Waals surface area contributed by atoms with Gasteiger partial charge in [0.25, 0.3) is 0 Å². The maximum Gasteiger partial charge on any atom is 0.450 e. The third-order valence-corrected chi connectivity index (χ3v) is 3.09. The summed E-state index contributed by atoms with van der Waals surface area (Å²) in [6.45, 7) is 2.23. The fourth-order valence-corrected chi connectivity index (χ4v) is 1.90. The summed E-state index contributed by atoms with van der Waals surface area (Å²) in [4.78, 5) is 15.0. The molecule has 1 aromatic heterocycles. The van der Waals surface area contributed by atoms with Crippen molar-refractivity contribution in [3.8, 4) is 0 Å². The van der Waals surface area contributed by atoms with Crippen molar-refractivity contribution in [1.29, 1.82) is 0 Å². The van der Waals surface area contributed by atoms with Crippen LogP contribution >= 0.6 is 0 Å². The first-order valence-corrected chi connectivity index (χ1v) is 5.92. The highest BCUT2D eigenvalue weighted by atomic mass is 19.4. The molecule has 106 valence electrons. The van der Waals surface area contributed by atoms with Crippen molar-refractivity contribution >= 4 is 5.78 Å².